The Morgan fingerprint density at radius 3 is 2.14 bits per heavy atom. The van der Waals surface area contributed by atoms with Crippen LogP contribution in [0.4, 0.5) is 0 Å². The highest BCUT2D eigenvalue weighted by atomic mass is 16.4. The average Bonchev–Trinajstić information content (AvgIpc) is 2.27. The molecule has 3 nitrogen and oxygen atoms in total. The van der Waals surface area contributed by atoms with Crippen molar-refractivity contribution in [2.45, 2.75) is 67.7 Å². The Kier molecular flexibility index (Phi) is 4.67. The zero-order valence-electron chi connectivity index (χ0n) is 14.5. The second-order valence-corrected chi connectivity index (χ2v) is 8.40. The highest BCUT2D eigenvalue weighted by Crippen LogP contribution is 2.52. The average molecular weight is 294 g/mol. The summed E-state index contributed by atoms with van der Waals surface area (Å²) in [6, 6.07) is 0. The molecule has 0 radical (unpaired) electrons. The SMILES string of the molecule is CC(C)(C)C1=C(O)C(C)(C(C)(C)C)C=C(CCC(=O)O)C1. The quantitative estimate of drug-likeness (QED) is 0.713. The van der Waals surface area contributed by atoms with Gasteiger partial charge < -0.3 is 10.2 Å². The molecule has 1 aliphatic rings. The zero-order valence-corrected chi connectivity index (χ0v) is 14.5. The maximum Gasteiger partial charge on any atom is 0.303 e. The van der Waals surface area contributed by atoms with E-state index in [9.17, 15) is 9.90 Å². The van der Waals surface area contributed by atoms with Crippen molar-refractivity contribution in [2.75, 3.05) is 0 Å². The van der Waals surface area contributed by atoms with E-state index in [1.54, 1.807) is 0 Å². The summed E-state index contributed by atoms with van der Waals surface area (Å²) in [5, 5.41) is 19.8. The summed E-state index contributed by atoms with van der Waals surface area (Å²) in [5.41, 5.74) is 1.43. The van der Waals surface area contributed by atoms with Crippen molar-refractivity contribution >= 4 is 5.97 Å². The molecule has 0 bridgehead atoms. The lowest BCUT2D eigenvalue weighted by Gasteiger charge is -2.45. The van der Waals surface area contributed by atoms with E-state index in [1.165, 1.54) is 0 Å². The smallest absolute Gasteiger partial charge is 0.303 e. The number of carboxylic acids is 1. The first-order chi connectivity index (χ1) is 9.29. The number of hydrogen-bond donors (Lipinski definition) is 2. The molecule has 3 heteroatoms. The van der Waals surface area contributed by atoms with Crippen molar-refractivity contribution in [3.63, 3.8) is 0 Å². The molecule has 120 valence electrons. The summed E-state index contributed by atoms with van der Waals surface area (Å²) in [4.78, 5) is 10.9. The van der Waals surface area contributed by atoms with Gasteiger partial charge in [0.05, 0.1) is 0 Å². The molecule has 1 atom stereocenters. The first-order valence-electron chi connectivity index (χ1n) is 7.64. The van der Waals surface area contributed by atoms with Crippen molar-refractivity contribution in [3.05, 3.63) is 23.0 Å². The number of aliphatic carboxylic acids is 1. The van der Waals surface area contributed by atoms with E-state index in [0.717, 1.165) is 11.1 Å². The van der Waals surface area contributed by atoms with Crippen LogP contribution >= 0.6 is 0 Å². The third kappa shape index (κ3) is 3.69. The van der Waals surface area contributed by atoms with E-state index < -0.39 is 11.4 Å². The van der Waals surface area contributed by atoms with Crippen LogP contribution in [0.5, 0.6) is 0 Å². The number of rotatable bonds is 3. The minimum atomic E-state index is -0.774. The highest BCUT2D eigenvalue weighted by molar-refractivity contribution is 5.67. The van der Waals surface area contributed by atoms with Crippen molar-refractivity contribution in [2.24, 2.45) is 16.2 Å². The van der Waals surface area contributed by atoms with Crippen LogP contribution in [0.2, 0.25) is 0 Å². The van der Waals surface area contributed by atoms with Crippen LogP contribution in [0.25, 0.3) is 0 Å². The van der Waals surface area contributed by atoms with E-state index in [-0.39, 0.29) is 17.3 Å². The first-order valence-corrected chi connectivity index (χ1v) is 7.64. The lowest BCUT2D eigenvalue weighted by atomic mass is 9.60. The van der Waals surface area contributed by atoms with Crippen molar-refractivity contribution < 1.29 is 15.0 Å². The highest BCUT2D eigenvalue weighted by Gasteiger charge is 2.44. The van der Waals surface area contributed by atoms with Gasteiger partial charge in [0.1, 0.15) is 5.76 Å². The molecule has 0 aliphatic heterocycles. The topological polar surface area (TPSA) is 57.5 Å². The van der Waals surface area contributed by atoms with E-state index in [1.807, 2.05) is 6.92 Å². The van der Waals surface area contributed by atoms with E-state index in [0.29, 0.717) is 18.6 Å². The summed E-state index contributed by atoms with van der Waals surface area (Å²) in [6.45, 7) is 14.7. The zero-order chi connectivity index (χ0) is 16.6. The number of carbonyl (C=O) groups is 1. The van der Waals surface area contributed by atoms with E-state index in [2.05, 4.69) is 47.6 Å². The molecule has 0 saturated heterocycles. The lowest BCUT2D eigenvalue weighted by molar-refractivity contribution is -0.136. The number of allylic oxidation sites excluding steroid dienone is 3. The van der Waals surface area contributed by atoms with Crippen LogP contribution < -0.4 is 0 Å². The van der Waals surface area contributed by atoms with Gasteiger partial charge in [0, 0.05) is 11.8 Å². The Balaban J connectivity index is 3.31. The van der Waals surface area contributed by atoms with Crippen LogP contribution in [0.15, 0.2) is 23.0 Å². The molecule has 1 aliphatic carbocycles. The molecule has 0 spiro atoms. The Labute approximate surface area is 128 Å². The summed E-state index contributed by atoms with van der Waals surface area (Å²) >= 11 is 0. The van der Waals surface area contributed by atoms with Crippen LogP contribution in [0.3, 0.4) is 0 Å². The molecule has 0 heterocycles. The van der Waals surface area contributed by atoms with E-state index in [4.69, 9.17) is 5.11 Å². The van der Waals surface area contributed by atoms with Crippen LogP contribution in [-0.4, -0.2) is 16.2 Å². The molecule has 0 aromatic heterocycles. The van der Waals surface area contributed by atoms with E-state index >= 15 is 0 Å². The summed E-state index contributed by atoms with van der Waals surface area (Å²) < 4.78 is 0. The van der Waals surface area contributed by atoms with Gasteiger partial charge in [0.15, 0.2) is 0 Å². The number of aliphatic hydroxyl groups excluding tert-OH is 1. The van der Waals surface area contributed by atoms with Gasteiger partial charge in [-0.1, -0.05) is 53.2 Å². The second-order valence-electron chi connectivity index (χ2n) is 8.40. The maximum absolute atomic E-state index is 10.9. The fourth-order valence-corrected chi connectivity index (χ4v) is 2.77. The maximum atomic E-state index is 10.9. The Morgan fingerprint density at radius 1 is 1.24 bits per heavy atom. The minimum absolute atomic E-state index is 0.126. The number of aliphatic hydroxyl groups is 1. The second kappa shape index (κ2) is 5.51. The van der Waals surface area contributed by atoms with Crippen molar-refractivity contribution in [3.8, 4) is 0 Å². The number of carboxylic acid groups (broad SMARTS) is 1. The van der Waals surface area contributed by atoms with Crippen LogP contribution in [-0.2, 0) is 4.79 Å². The molecule has 0 amide bonds. The Morgan fingerprint density at radius 2 is 1.76 bits per heavy atom. The summed E-state index contributed by atoms with van der Waals surface area (Å²) in [7, 11) is 0. The summed E-state index contributed by atoms with van der Waals surface area (Å²) in [6.07, 6.45) is 3.47. The molecule has 0 fully saturated rings. The molecule has 1 rings (SSSR count). The minimum Gasteiger partial charge on any atom is -0.511 e. The third-order valence-electron chi connectivity index (χ3n) is 4.80. The van der Waals surface area contributed by atoms with Gasteiger partial charge in [-0.25, -0.2) is 0 Å². The molecule has 2 N–H and O–H groups in total. The molecule has 1 unspecified atom stereocenters. The molecule has 21 heavy (non-hydrogen) atoms. The van der Waals surface area contributed by atoms with Crippen molar-refractivity contribution in [1.29, 1.82) is 0 Å². The van der Waals surface area contributed by atoms with Gasteiger partial charge in [0.2, 0.25) is 0 Å². The van der Waals surface area contributed by atoms with Crippen LogP contribution in [0, 0.1) is 16.2 Å². The first kappa shape index (κ1) is 17.8. The fourth-order valence-electron chi connectivity index (χ4n) is 2.77. The van der Waals surface area contributed by atoms with Gasteiger partial charge in [-0.05, 0) is 36.2 Å². The van der Waals surface area contributed by atoms with Gasteiger partial charge in [-0.2, -0.15) is 0 Å². The van der Waals surface area contributed by atoms with Gasteiger partial charge in [-0.3, -0.25) is 4.79 Å². The van der Waals surface area contributed by atoms with Gasteiger partial charge >= 0.3 is 5.97 Å². The molecule has 0 aromatic carbocycles. The standard InChI is InChI=1S/C18H30O3/c1-16(2,3)13-10-12(8-9-14(19)20)11-18(7,15(13)21)17(4,5)6/h11,21H,8-10H2,1-7H3,(H,19,20). The Bertz CT molecular complexity index is 484. The molecule has 0 saturated carbocycles. The molecular formula is C18H30O3. The number of hydrogen-bond acceptors (Lipinski definition) is 2. The summed E-state index contributed by atoms with van der Waals surface area (Å²) in [5.74, 6) is -0.314. The predicted octanol–water partition coefficient (Wildman–Crippen LogP) is 5.09. The fraction of sp³-hybridized carbons (Fsp3) is 0.722. The Hall–Kier alpha value is -1.25. The van der Waals surface area contributed by atoms with Crippen LogP contribution in [0.1, 0.15) is 67.7 Å². The predicted molar refractivity (Wildman–Crippen MR) is 86.2 cm³/mol. The largest absolute Gasteiger partial charge is 0.511 e. The van der Waals surface area contributed by atoms with Gasteiger partial charge in [-0.15, -0.1) is 0 Å². The lowest BCUT2D eigenvalue weighted by Crippen LogP contribution is -2.37. The van der Waals surface area contributed by atoms with Crippen molar-refractivity contribution in [1.82, 2.24) is 0 Å². The molecule has 0 aromatic rings. The third-order valence-corrected chi connectivity index (χ3v) is 4.80. The van der Waals surface area contributed by atoms with Gasteiger partial charge in [0.25, 0.3) is 0 Å². The molecular weight excluding hydrogens is 264 g/mol. The normalized spacial score (nSPS) is 24.0. The monoisotopic (exact) mass is 294 g/mol.